The fraction of sp³-hybridized carbons (Fsp3) is 0.667. The maximum absolute atomic E-state index is 5.37. The van der Waals surface area contributed by atoms with Crippen LogP contribution in [0.5, 0.6) is 0 Å². The summed E-state index contributed by atoms with van der Waals surface area (Å²) >= 11 is 0. The highest BCUT2D eigenvalue weighted by atomic mass is 16.3. The Labute approximate surface area is 85.7 Å². The van der Waals surface area contributed by atoms with E-state index in [0.29, 0.717) is 6.04 Å². The van der Waals surface area contributed by atoms with E-state index in [1.807, 2.05) is 20.2 Å². The van der Waals surface area contributed by atoms with Crippen molar-refractivity contribution >= 4 is 0 Å². The van der Waals surface area contributed by atoms with Crippen molar-refractivity contribution in [2.75, 3.05) is 7.05 Å². The van der Waals surface area contributed by atoms with Crippen LogP contribution >= 0.6 is 0 Å². The normalized spacial score (nSPS) is 20.1. The zero-order valence-corrected chi connectivity index (χ0v) is 9.05. The zero-order valence-electron chi connectivity index (χ0n) is 9.05. The minimum Gasteiger partial charge on any atom is -0.469 e. The lowest BCUT2D eigenvalue weighted by molar-refractivity contribution is 0.387. The molecule has 2 nitrogen and oxygen atoms in total. The molecule has 78 valence electrons. The van der Waals surface area contributed by atoms with Gasteiger partial charge in [-0.15, -0.1) is 0 Å². The Morgan fingerprint density at radius 1 is 1.43 bits per heavy atom. The van der Waals surface area contributed by atoms with Crippen LogP contribution in [0.2, 0.25) is 0 Å². The fourth-order valence-corrected chi connectivity index (χ4v) is 2.59. The van der Waals surface area contributed by atoms with Gasteiger partial charge in [0.05, 0.1) is 6.26 Å². The fourth-order valence-electron chi connectivity index (χ4n) is 2.59. The smallest absolute Gasteiger partial charge is 0.101 e. The van der Waals surface area contributed by atoms with E-state index in [2.05, 4.69) is 11.4 Å². The number of rotatable bonds is 3. The predicted molar refractivity (Wildman–Crippen MR) is 57.2 cm³/mol. The molecule has 1 aliphatic carbocycles. The molecule has 14 heavy (non-hydrogen) atoms. The summed E-state index contributed by atoms with van der Waals surface area (Å²) in [5.74, 6) is 1.82. The number of hydrogen-bond acceptors (Lipinski definition) is 2. The average Bonchev–Trinajstić information content (AvgIpc) is 2.79. The van der Waals surface area contributed by atoms with Gasteiger partial charge in [-0.25, -0.2) is 0 Å². The molecule has 0 aliphatic heterocycles. The Hall–Kier alpha value is -0.760. The molecule has 0 spiro atoms. The first-order valence-electron chi connectivity index (χ1n) is 5.53. The number of nitrogens with one attached hydrogen (secondary N) is 1. The Kier molecular flexibility index (Phi) is 2.92. The van der Waals surface area contributed by atoms with Crippen molar-refractivity contribution in [3.63, 3.8) is 0 Å². The van der Waals surface area contributed by atoms with E-state index in [-0.39, 0.29) is 0 Å². The first-order valence-corrected chi connectivity index (χ1v) is 5.53. The molecule has 0 aromatic carbocycles. The molecule has 1 saturated carbocycles. The van der Waals surface area contributed by atoms with Gasteiger partial charge in [-0.05, 0) is 38.8 Å². The minimum absolute atomic E-state index is 0.495. The summed E-state index contributed by atoms with van der Waals surface area (Å²) in [6.07, 6.45) is 7.39. The van der Waals surface area contributed by atoms with Gasteiger partial charge in [0.2, 0.25) is 0 Å². The van der Waals surface area contributed by atoms with Gasteiger partial charge in [-0.1, -0.05) is 12.8 Å². The molecule has 1 heterocycles. The van der Waals surface area contributed by atoms with Crippen LogP contribution in [-0.2, 0) is 0 Å². The van der Waals surface area contributed by atoms with Gasteiger partial charge >= 0.3 is 0 Å². The topological polar surface area (TPSA) is 25.2 Å². The van der Waals surface area contributed by atoms with Gasteiger partial charge in [0.15, 0.2) is 0 Å². The summed E-state index contributed by atoms with van der Waals surface area (Å²) in [6, 6.07) is 2.65. The third kappa shape index (κ3) is 1.85. The molecule has 0 amide bonds. The first kappa shape index (κ1) is 9.78. The maximum Gasteiger partial charge on any atom is 0.101 e. The second kappa shape index (κ2) is 4.18. The van der Waals surface area contributed by atoms with E-state index in [0.717, 1.165) is 11.7 Å². The van der Waals surface area contributed by atoms with E-state index >= 15 is 0 Å². The van der Waals surface area contributed by atoms with Crippen LogP contribution in [0.3, 0.4) is 0 Å². The highest BCUT2D eigenvalue weighted by molar-refractivity contribution is 5.17. The van der Waals surface area contributed by atoms with Crippen LogP contribution in [0.1, 0.15) is 43.0 Å². The standard InChI is InChI=1S/C12H19NO/c1-9-7-11(8-14-9)12(13-2)10-5-3-4-6-10/h7-8,10,12-13H,3-6H2,1-2H3. The molecule has 1 atom stereocenters. The number of aryl methyl sites for hydroxylation is 1. The monoisotopic (exact) mass is 193 g/mol. The van der Waals surface area contributed by atoms with Crippen LogP contribution in [0, 0.1) is 12.8 Å². The molecule has 0 radical (unpaired) electrons. The quantitative estimate of drug-likeness (QED) is 0.798. The van der Waals surface area contributed by atoms with Gasteiger partial charge in [0.1, 0.15) is 5.76 Å². The molecule has 1 aromatic rings. The van der Waals surface area contributed by atoms with Crippen molar-refractivity contribution in [2.45, 2.75) is 38.6 Å². The van der Waals surface area contributed by atoms with E-state index < -0.39 is 0 Å². The van der Waals surface area contributed by atoms with Crippen LogP contribution in [0.4, 0.5) is 0 Å². The molecule has 2 rings (SSSR count). The Bertz CT molecular complexity index is 286. The van der Waals surface area contributed by atoms with Crippen molar-refractivity contribution in [3.05, 3.63) is 23.7 Å². The highest BCUT2D eigenvalue weighted by Gasteiger charge is 2.25. The largest absolute Gasteiger partial charge is 0.469 e. The molecule has 0 bridgehead atoms. The summed E-state index contributed by atoms with van der Waals surface area (Å²) < 4.78 is 5.37. The SMILES string of the molecule is CNC(c1coc(C)c1)C1CCCC1. The third-order valence-corrected chi connectivity index (χ3v) is 3.29. The van der Waals surface area contributed by atoms with E-state index in [4.69, 9.17) is 4.42 Å². The maximum atomic E-state index is 5.37. The van der Waals surface area contributed by atoms with Crippen LogP contribution in [-0.4, -0.2) is 7.05 Å². The Balaban J connectivity index is 2.12. The first-order chi connectivity index (χ1) is 6.81. The molecule has 1 aliphatic rings. The van der Waals surface area contributed by atoms with E-state index in [1.165, 1.54) is 31.2 Å². The molecular formula is C12H19NO. The lowest BCUT2D eigenvalue weighted by Gasteiger charge is -2.21. The van der Waals surface area contributed by atoms with Crippen LogP contribution in [0.25, 0.3) is 0 Å². The molecule has 1 aromatic heterocycles. The molecule has 1 unspecified atom stereocenters. The lowest BCUT2D eigenvalue weighted by atomic mass is 9.93. The third-order valence-electron chi connectivity index (χ3n) is 3.29. The van der Waals surface area contributed by atoms with Crippen LogP contribution < -0.4 is 5.32 Å². The molecule has 0 saturated heterocycles. The van der Waals surface area contributed by atoms with Crippen molar-refractivity contribution in [2.24, 2.45) is 5.92 Å². The predicted octanol–water partition coefficient (Wildman–Crippen LogP) is 3.04. The second-order valence-corrected chi connectivity index (χ2v) is 4.30. The van der Waals surface area contributed by atoms with E-state index in [9.17, 15) is 0 Å². The number of furan rings is 1. The van der Waals surface area contributed by atoms with Gasteiger partial charge in [0.25, 0.3) is 0 Å². The van der Waals surface area contributed by atoms with Gasteiger partial charge in [-0.2, -0.15) is 0 Å². The zero-order chi connectivity index (χ0) is 9.97. The summed E-state index contributed by atoms with van der Waals surface area (Å²) in [7, 11) is 2.05. The summed E-state index contributed by atoms with van der Waals surface area (Å²) in [5.41, 5.74) is 1.32. The summed E-state index contributed by atoms with van der Waals surface area (Å²) in [4.78, 5) is 0. The summed E-state index contributed by atoms with van der Waals surface area (Å²) in [5, 5.41) is 3.41. The Morgan fingerprint density at radius 2 is 2.14 bits per heavy atom. The van der Waals surface area contributed by atoms with E-state index in [1.54, 1.807) is 0 Å². The van der Waals surface area contributed by atoms with Crippen molar-refractivity contribution in [3.8, 4) is 0 Å². The molecular weight excluding hydrogens is 174 g/mol. The second-order valence-electron chi connectivity index (χ2n) is 4.30. The van der Waals surface area contributed by atoms with Crippen molar-refractivity contribution in [1.82, 2.24) is 5.32 Å². The highest BCUT2D eigenvalue weighted by Crippen LogP contribution is 2.35. The number of hydrogen-bond donors (Lipinski definition) is 1. The Morgan fingerprint density at radius 3 is 2.64 bits per heavy atom. The average molecular weight is 193 g/mol. The van der Waals surface area contributed by atoms with Crippen molar-refractivity contribution < 1.29 is 4.42 Å². The molecule has 1 fully saturated rings. The van der Waals surface area contributed by atoms with Crippen LogP contribution in [0.15, 0.2) is 16.7 Å². The summed E-state index contributed by atoms with van der Waals surface area (Å²) in [6.45, 7) is 2.00. The van der Waals surface area contributed by atoms with Gasteiger partial charge < -0.3 is 9.73 Å². The minimum atomic E-state index is 0.495. The van der Waals surface area contributed by atoms with Gasteiger partial charge in [-0.3, -0.25) is 0 Å². The lowest BCUT2D eigenvalue weighted by Crippen LogP contribution is -2.22. The van der Waals surface area contributed by atoms with Gasteiger partial charge in [0, 0.05) is 11.6 Å². The molecule has 1 N–H and O–H groups in total. The van der Waals surface area contributed by atoms with Crippen molar-refractivity contribution in [1.29, 1.82) is 0 Å². The molecule has 2 heteroatoms.